The van der Waals surface area contributed by atoms with Gasteiger partial charge in [0.1, 0.15) is 5.69 Å². The van der Waals surface area contributed by atoms with Gasteiger partial charge in [-0.15, -0.1) is 11.6 Å². The molecule has 1 heterocycles. The van der Waals surface area contributed by atoms with E-state index in [-0.39, 0.29) is 11.6 Å². The number of aromatic nitrogens is 1. The summed E-state index contributed by atoms with van der Waals surface area (Å²) in [6, 6.07) is 1.50. The molecule has 0 amide bonds. The monoisotopic (exact) mass is 145 g/mol. The molecule has 0 aliphatic rings. The van der Waals surface area contributed by atoms with Gasteiger partial charge in [-0.05, 0) is 0 Å². The van der Waals surface area contributed by atoms with E-state index in [1.54, 1.807) is 0 Å². The second-order valence-electron chi connectivity index (χ2n) is 1.47. The first-order valence-corrected chi connectivity index (χ1v) is 2.87. The largest absolute Gasteiger partial charge is 0.359 e. The first-order chi connectivity index (χ1) is 4.36. The summed E-state index contributed by atoms with van der Waals surface area (Å²) < 4.78 is 4.59. The molecule has 0 fully saturated rings. The Bertz CT molecular complexity index is 208. The van der Waals surface area contributed by atoms with Gasteiger partial charge in [0, 0.05) is 6.07 Å². The summed E-state index contributed by atoms with van der Waals surface area (Å²) in [4.78, 5) is 9.97. The average molecular weight is 146 g/mol. The molecule has 4 heteroatoms. The highest BCUT2D eigenvalue weighted by molar-refractivity contribution is 6.16. The van der Waals surface area contributed by atoms with Crippen LogP contribution in [-0.4, -0.2) is 11.4 Å². The number of nitrogens with zero attached hydrogens (tertiary/aromatic N) is 1. The second-order valence-corrected chi connectivity index (χ2v) is 1.74. The number of carbonyl (C=O) groups excluding carboxylic acids is 1. The number of hydrogen-bond donors (Lipinski definition) is 0. The number of hydrogen-bond acceptors (Lipinski definition) is 3. The molecule has 0 bridgehead atoms. The molecule has 0 N–H and O–H groups in total. The zero-order chi connectivity index (χ0) is 6.69. The minimum atomic E-state index is 0.251. The average Bonchev–Trinajstić information content (AvgIpc) is 2.34. The summed E-state index contributed by atoms with van der Waals surface area (Å²) >= 11 is 5.35. The van der Waals surface area contributed by atoms with Gasteiger partial charge in [-0.1, -0.05) is 5.16 Å². The van der Waals surface area contributed by atoms with Crippen molar-refractivity contribution in [3.8, 4) is 0 Å². The molecule has 0 radical (unpaired) electrons. The number of carbonyl (C=O) groups is 1. The Morgan fingerprint density at radius 2 is 2.67 bits per heavy atom. The van der Waals surface area contributed by atoms with Crippen molar-refractivity contribution in [2.45, 2.75) is 5.88 Å². The van der Waals surface area contributed by atoms with E-state index in [0.717, 1.165) is 0 Å². The SMILES string of the molecule is O=Cc1cc(CCl)on1. The van der Waals surface area contributed by atoms with Crippen molar-refractivity contribution in [1.82, 2.24) is 5.16 Å². The fourth-order valence-electron chi connectivity index (χ4n) is 0.447. The van der Waals surface area contributed by atoms with Crippen molar-refractivity contribution in [2.24, 2.45) is 0 Å². The van der Waals surface area contributed by atoms with Crippen molar-refractivity contribution in [3.05, 3.63) is 17.5 Å². The Morgan fingerprint density at radius 1 is 1.89 bits per heavy atom. The zero-order valence-electron chi connectivity index (χ0n) is 4.50. The van der Waals surface area contributed by atoms with Crippen LogP contribution in [0.25, 0.3) is 0 Å². The van der Waals surface area contributed by atoms with E-state index in [1.165, 1.54) is 6.07 Å². The molecule has 3 nitrogen and oxygen atoms in total. The Labute approximate surface area is 56.6 Å². The van der Waals surface area contributed by atoms with E-state index in [4.69, 9.17) is 11.6 Å². The highest BCUT2D eigenvalue weighted by Gasteiger charge is 1.98. The topological polar surface area (TPSA) is 43.1 Å². The molecule has 0 saturated carbocycles. The van der Waals surface area contributed by atoms with E-state index in [2.05, 4.69) is 9.68 Å². The lowest BCUT2D eigenvalue weighted by Gasteiger charge is -1.74. The smallest absolute Gasteiger partial charge is 0.171 e. The first kappa shape index (κ1) is 6.29. The minimum Gasteiger partial charge on any atom is -0.359 e. The molecule has 0 aliphatic carbocycles. The van der Waals surface area contributed by atoms with Crippen LogP contribution >= 0.6 is 11.6 Å². The highest BCUT2D eigenvalue weighted by Crippen LogP contribution is 2.03. The van der Waals surface area contributed by atoms with Gasteiger partial charge < -0.3 is 4.52 Å². The van der Waals surface area contributed by atoms with Crippen molar-refractivity contribution in [3.63, 3.8) is 0 Å². The lowest BCUT2D eigenvalue weighted by atomic mass is 10.4. The van der Waals surface area contributed by atoms with E-state index in [1.807, 2.05) is 0 Å². The van der Waals surface area contributed by atoms with Crippen molar-refractivity contribution >= 4 is 17.9 Å². The van der Waals surface area contributed by atoms with Crippen LogP contribution in [0.2, 0.25) is 0 Å². The Morgan fingerprint density at radius 3 is 3.00 bits per heavy atom. The molecule has 0 spiro atoms. The molecule has 1 rings (SSSR count). The third-order valence-corrected chi connectivity index (χ3v) is 1.09. The Hall–Kier alpha value is -0.830. The van der Waals surface area contributed by atoms with Gasteiger partial charge in [-0.25, -0.2) is 0 Å². The second kappa shape index (κ2) is 2.64. The van der Waals surface area contributed by atoms with Crippen molar-refractivity contribution in [2.75, 3.05) is 0 Å². The van der Waals surface area contributed by atoms with Gasteiger partial charge >= 0.3 is 0 Å². The van der Waals surface area contributed by atoms with E-state index in [9.17, 15) is 4.79 Å². The molecule has 0 saturated heterocycles. The normalized spacial score (nSPS) is 9.44. The summed E-state index contributed by atoms with van der Waals surface area (Å²) in [5.74, 6) is 0.764. The molecule has 48 valence electrons. The van der Waals surface area contributed by atoms with E-state index < -0.39 is 0 Å². The van der Waals surface area contributed by atoms with Gasteiger partial charge in [0.15, 0.2) is 12.0 Å². The van der Waals surface area contributed by atoms with Gasteiger partial charge in [0.2, 0.25) is 0 Å². The molecule has 0 unspecified atom stereocenters. The highest BCUT2D eigenvalue weighted by atomic mass is 35.5. The molecule has 1 aromatic rings. The standard InChI is InChI=1S/C5H4ClNO2/c6-2-5-1-4(3-8)7-9-5/h1,3H,2H2. The predicted octanol–water partition coefficient (Wildman–Crippen LogP) is 1.23. The van der Waals surface area contributed by atoms with Crippen LogP contribution in [0, 0.1) is 0 Å². The number of alkyl halides is 1. The fourth-order valence-corrected chi connectivity index (χ4v) is 0.573. The lowest BCUT2D eigenvalue weighted by Crippen LogP contribution is -1.73. The van der Waals surface area contributed by atoms with Crippen molar-refractivity contribution in [1.29, 1.82) is 0 Å². The molecule has 0 aromatic carbocycles. The third-order valence-electron chi connectivity index (χ3n) is 0.830. The van der Waals surface area contributed by atoms with Gasteiger partial charge in [0.05, 0.1) is 5.88 Å². The number of halogens is 1. The Kier molecular flexibility index (Phi) is 1.85. The summed E-state index contributed by atoms with van der Waals surface area (Å²) in [7, 11) is 0. The number of rotatable bonds is 2. The molecular formula is C5H4ClNO2. The van der Waals surface area contributed by atoms with E-state index >= 15 is 0 Å². The van der Waals surface area contributed by atoms with Crippen LogP contribution in [0.15, 0.2) is 10.6 Å². The maximum Gasteiger partial charge on any atom is 0.171 e. The van der Waals surface area contributed by atoms with Crippen LogP contribution in [0.3, 0.4) is 0 Å². The van der Waals surface area contributed by atoms with Crippen LogP contribution < -0.4 is 0 Å². The predicted molar refractivity (Wildman–Crippen MR) is 31.4 cm³/mol. The third kappa shape index (κ3) is 1.29. The van der Waals surface area contributed by atoms with Crippen molar-refractivity contribution < 1.29 is 9.32 Å². The van der Waals surface area contributed by atoms with Gasteiger partial charge in [0.25, 0.3) is 0 Å². The molecular weight excluding hydrogens is 142 g/mol. The minimum absolute atomic E-state index is 0.251. The molecule has 1 aromatic heterocycles. The van der Waals surface area contributed by atoms with Gasteiger partial charge in [-0.3, -0.25) is 4.79 Å². The maximum atomic E-state index is 9.97. The maximum absolute atomic E-state index is 9.97. The lowest BCUT2D eigenvalue weighted by molar-refractivity contribution is 0.111. The van der Waals surface area contributed by atoms with Crippen LogP contribution in [0.4, 0.5) is 0 Å². The Balaban J connectivity index is 2.86. The first-order valence-electron chi connectivity index (χ1n) is 2.33. The summed E-state index contributed by atoms with van der Waals surface area (Å²) in [5, 5.41) is 3.38. The molecule has 0 aliphatic heterocycles. The summed E-state index contributed by atoms with van der Waals surface area (Å²) in [6.45, 7) is 0. The summed E-state index contributed by atoms with van der Waals surface area (Å²) in [6.07, 6.45) is 0.611. The van der Waals surface area contributed by atoms with Crippen LogP contribution in [-0.2, 0) is 5.88 Å². The quantitative estimate of drug-likeness (QED) is 0.464. The summed E-state index contributed by atoms with van der Waals surface area (Å²) in [5.41, 5.74) is 0.283. The zero-order valence-corrected chi connectivity index (χ0v) is 5.26. The van der Waals surface area contributed by atoms with Crippen LogP contribution in [0.1, 0.15) is 16.2 Å². The molecule has 0 atom stereocenters. The number of aldehydes is 1. The van der Waals surface area contributed by atoms with E-state index in [0.29, 0.717) is 12.0 Å². The fraction of sp³-hybridized carbons (Fsp3) is 0.200. The molecule has 9 heavy (non-hydrogen) atoms. The van der Waals surface area contributed by atoms with Crippen LogP contribution in [0.5, 0.6) is 0 Å². The van der Waals surface area contributed by atoms with Gasteiger partial charge in [-0.2, -0.15) is 0 Å².